The van der Waals surface area contributed by atoms with Crippen molar-refractivity contribution in [3.8, 4) is 6.07 Å². The molecule has 0 fully saturated rings. The second-order valence-corrected chi connectivity index (χ2v) is 14.1. The Hall–Kier alpha value is -1.41. The lowest BCUT2D eigenvalue weighted by atomic mass is 10.0. The number of ether oxygens (including phenoxy) is 3. The monoisotopic (exact) mass is 656 g/mol. The molecule has 0 saturated heterocycles. The molecule has 0 aliphatic rings. The lowest BCUT2D eigenvalue weighted by Crippen LogP contribution is -2.26. The molecule has 47 heavy (non-hydrogen) atoms. The van der Waals surface area contributed by atoms with E-state index < -0.39 is 0 Å². The summed E-state index contributed by atoms with van der Waals surface area (Å²) in [6.45, 7) is 7.77. The maximum Gasteiger partial charge on any atom is 0.104 e. The van der Waals surface area contributed by atoms with Gasteiger partial charge in [0.2, 0.25) is 0 Å². The molecule has 0 heterocycles. The zero-order valence-electron chi connectivity index (χ0n) is 31.4. The van der Waals surface area contributed by atoms with Gasteiger partial charge in [-0.3, -0.25) is 0 Å². The fraction of sp³-hybridized carbons (Fsp3) is 0.837. The zero-order chi connectivity index (χ0) is 33.7. The van der Waals surface area contributed by atoms with Crippen LogP contribution in [0.25, 0.3) is 0 Å². The number of nitriles is 1. The fourth-order valence-corrected chi connectivity index (χ4v) is 6.34. The van der Waals surface area contributed by atoms with E-state index in [2.05, 4.69) is 19.9 Å². The molecule has 4 heteroatoms. The van der Waals surface area contributed by atoms with Gasteiger partial charge in [-0.1, -0.05) is 193 Å². The van der Waals surface area contributed by atoms with Gasteiger partial charge in [0.1, 0.15) is 6.10 Å². The van der Waals surface area contributed by atoms with Gasteiger partial charge in [0, 0.05) is 13.2 Å². The Morgan fingerprint density at radius 1 is 0.511 bits per heavy atom. The van der Waals surface area contributed by atoms with Crippen molar-refractivity contribution in [2.75, 3.05) is 26.4 Å². The van der Waals surface area contributed by atoms with E-state index in [1.165, 1.54) is 167 Å². The third kappa shape index (κ3) is 30.4. The first kappa shape index (κ1) is 43.6. The number of hydrogen-bond donors (Lipinski definition) is 0. The van der Waals surface area contributed by atoms with E-state index in [-0.39, 0.29) is 6.10 Å². The van der Waals surface area contributed by atoms with Crippen LogP contribution in [-0.4, -0.2) is 32.5 Å². The van der Waals surface area contributed by atoms with Crippen molar-refractivity contribution < 1.29 is 14.2 Å². The molecule has 0 saturated carbocycles. The highest BCUT2D eigenvalue weighted by molar-refractivity contribution is 5.32. The standard InChI is InChI=1S/C43H77NO3/c1-3-5-7-9-11-13-15-17-19-21-23-25-27-29-34-45-39-43(40-46-38-42-33-31-32-41(36-42)37-44)47-35-30-28-26-24-22-20-18-16-14-12-10-8-6-4-2/h31-33,36,43H,3-30,34-35,38-40H2,1-2H3. The van der Waals surface area contributed by atoms with Crippen molar-refractivity contribution in [3.63, 3.8) is 0 Å². The van der Waals surface area contributed by atoms with E-state index >= 15 is 0 Å². The molecule has 272 valence electrons. The van der Waals surface area contributed by atoms with Gasteiger partial charge in [-0.25, -0.2) is 0 Å². The molecule has 1 atom stereocenters. The summed E-state index contributed by atoms with van der Waals surface area (Å²) >= 11 is 0. The summed E-state index contributed by atoms with van der Waals surface area (Å²) in [6.07, 6.45) is 38.3. The molecule has 0 bridgehead atoms. The first-order valence-electron chi connectivity index (χ1n) is 20.6. The lowest BCUT2D eigenvalue weighted by Gasteiger charge is -2.18. The molecular weight excluding hydrogens is 578 g/mol. The van der Waals surface area contributed by atoms with Crippen molar-refractivity contribution in [2.24, 2.45) is 0 Å². The van der Waals surface area contributed by atoms with Crippen LogP contribution >= 0.6 is 0 Å². The van der Waals surface area contributed by atoms with Gasteiger partial charge in [0.05, 0.1) is 31.5 Å². The summed E-state index contributed by atoms with van der Waals surface area (Å²) in [6, 6.07) is 9.87. The average molecular weight is 656 g/mol. The van der Waals surface area contributed by atoms with Crippen LogP contribution in [0.3, 0.4) is 0 Å². The predicted molar refractivity (Wildman–Crippen MR) is 202 cm³/mol. The molecule has 1 rings (SSSR count). The van der Waals surface area contributed by atoms with Crippen LogP contribution in [-0.2, 0) is 20.8 Å². The largest absolute Gasteiger partial charge is 0.379 e. The van der Waals surface area contributed by atoms with Gasteiger partial charge in [-0.2, -0.15) is 5.26 Å². The fourth-order valence-electron chi connectivity index (χ4n) is 6.34. The molecule has 0 N–H and O–H groups in total. The second-order valence-electron chi connectivity index (χ2n) is 14.1. The molecule has 0 aliphatic heterocycles. The smallest absolute Gasteiger partial charge is 0.104 e. The topological polar surface area (TPSA) is 51.5 Å². The van der Waals surface area contributed by atoms with Crippen LogP contribution in [0.2, 0.25) is 0 Å². The van der Waals surface area contributed by atoms with Gasteiger partial charge in [-0.15, -0.1) is 0 Å². The van der Waals surface area contributed by atoms with E-state index in [9.17, 15) is 5.26 Å². The Bertz CT molecular complexity index is 806. The minimum absolute atomic E-state index is 0.0391. The van der Waals surface area contributed by atoms with Crippen LogP contribution in [0.4, 0.5) is 0 Å². The van der Waals surface area contributed by atoms with Gasteiger partial charge >= 0.3 is 0 Å². The number of nitrogens with zero attached hydrogens (tertiary/aromatic N) is 1. The van der Waals surface area contributed by atoms with Crippen LogP contribution < -0.4 is 0 Å². The Kier molecular flexibility index (Phi) is 33.3. The number of unbranched alkanes of at least 4 members (excludes halogenated alkanes) is 26. The highest BCUT2D eigenvalue weighted by atomic mass is 16.6. The lowest BCUT2D eigenvalue weighted by molar-refractivity contribution is -0.0645. The summed E-state index contributed by atoms with van der Waals surface area (Å²) in [5, 5.41) is 9.18. The molecule has 0 amide bonds. The highest BCUT2D eigenvalue weighted by Gasteiger charge is 2.11. The average Bonchev–Trinajstić information content (AvgIpc) is 3.09. The zero-order valence-corrected chi connectivity index (χ0v) is 31.4. The summed E-state index contributed by atoms with van der Waals surface area (Å²) in [7, 11) is 0. The molecule has 0 aromatic heterocycles. The second kappa shape index (κ2) is 35.9. The van der Waals surface area contributed by atoms with Crippen molar-refractivity contribution in [3.05, 3.63) is 35.4 Å². The Morgan fingerprint density at radius 3 is 1.36 bits per heavy atom. The quantitative estimate of drug-likeness (QED) is 0.0669. The minimum Gasteiger partial charge on any atom is -0.379 e. The summed E-state index contributed by atoms with van der Waals surface area (Å²) in [5.74, 6) is 0. The molecule has 1 aromatic rings. The van der Waals surface area contributed by atoms with Gasteiger partial charge < -0.3 is 14.2 Å². The van der Waals surface area contributed by atoms with E-state index in [1.807, 2.05) is 24.3 Å². The first-order valence-corrected chi connectivity index (χ1v) is 20.6. The summed E-state index contributed by atoms with van der Waals surface area (Å²) in [5.41, 5.74) is 1.70. The third-order valence-electron chi connectivity index (χ3n) is 9.43. The summed E-state index contributed by atoms with van der Waals surface area (Å²) in [4.78, 5) is 0. The Balaban J connectivity index is 2.11. The van der Waals surface area contributed by atoms with E-state index in [1.54, 1.807) is 0 Å². The van der Waals surface area contributed by atoms with Crippen LogP contribution in [0, 0.1) is 11.3 Å². The number of hydrogen-bond acceptors (Lipinski definition) is 4. The van der Waals surface area contributed by atoms with E-state index in [0.717, 1.165) is 31.6 Å². The molecule has 1 aromatic carbocycles. The van der Waals surface area contributed by atoms with Crippen molar-refractivity contribution >= 4 is 0 Å². The van der Waals surface area contributed by atoms with Crippen molar-refractivity contribution in [1.82, 2.24) is 0 Å². The van der Waals surface area contributed by atoms with Crippen molar-refractivity contribution in [2.45, 2.75) is 206 Å². The van der Waals surface area contributed by atoms with Gasteiger partial charge in [0.25, 0.3) is 0 Å². The highest BCUT2D eigenvalue weighted by Crippen LogP contribution is 2.15. The number of rotatable bonds is 37. The van der Waals surface area contributed by atoms with Crippen molar-refractivity contribution in [1.29, 1.82) is 5.26 Å². The normalized spacial score (nSPS) is 12.0. The molecular formula is C43H77NO3. The Morgan fingerprint density at radius 2 is 0.915 bits per heavy atom. The van der Waals surface area contributed by atoms with Crippen LogP contribution in [0.5, 0.6) is 0 Å². The van der Waals surface area contributed by atoms with Gasteiger partial charge in [0.15, 0.2) is 0 Å². The molecule has 0 aliphatic carbocycles. The molecule has 4 nitrogen and oxygen atoms in total. The molecule has 0 radical (unpaired) electrons. The summed E-state index contributed by atoms with van der Waals surface area (Å²) < 4.78 is 18.3. The molecule has 0 spiro atoms. The van der Waals surface area contributed by atoms with Crippen LogP contribution in [0.15, 0.2) is 24.3 Å². The Labute approximate surface area is 293 Å². The third-order valence-corrected chi connectivity index (χ3v) is 9.43. The molecule has 1 unspecified atom stereocenters. The maximum absolute atomic E-state index is 9.18. The maximum atomic E-state index is 9.18. The van der Waals surface area contributed by atoms with E-state index in [4.69, 9.17) is 14.2 Å². The first-order chi connectivity index (χ1) is 23.3. The van der Waals surface area contributed by atoms with E-state index in [0.29, 0.717) is 25.4 Å². The van der Waals surface area contributed by atoms with Crippen LogP contribution in [0.1, 0.15) is 205 Å². The minimum atomic E-state index is -0.0391. The predicted octanol–water partition coefficient (Wildman–Crippen LogP) is 13.4. The SMILES string of the molecule is CCCCCCCCCCCCCCCCOCC(COCc1cccc(C#N)c1)OCCCCCCCCCCCCCCCC. The van der Waals surface area contributed by atoms with Gasteiger partial charge in [-0.05, 0) is 30.5 Å². The number of benzene rings is 1.